The highest BCUT2D eigenvalue weighted by Crippen LogP contribution is 2.47. The van der Waals surface area contributed by atoms with Crippen LogP contribution in [0.3, 0.4) is 0 Å². The molecule has 1 aliphatic carbocycles. The van der Waals surface area contributed by atoms with Gasteiger partial charge in [-0.15, -0.1) is 0 Å². The van der Waals surface area contributed by atoms with E-state index < -0.39 is 5.41 Å². The van der Waals surface area contributed by atoms with Crippen LogP contribution in [0.4, 0.5) is 5.69 Å². The molecule has 0 bridgehead atoms. The van der Waals surface area contributed by atoms with Crippen LogP contribution in [0.1, 0.15) is 32.3 Å². The summed E-state index contributed by atoms with van der Waals surface area (Å²) >= 11 is 5.90. The Morgan fingerprint density at radius 2 is 1.95 bits per heavy atom. The van der Waals surface area contributed by atoms with Crippen molar-refractivity contribution in [3.05, 3.63) is 28.8 Å². The van der Waals surface area contributed by atoms with E-state index in [9.17, 15) is 9.59 Å². The number of anilines is 1. The average molecular weight is 309 g/mol. The van der Waals surface area contributed by atoms with E-state index in [2.05, 4.69) is 10.6 Å². The molecule has 2 N–H and O–H groups in total. The van der Waals surface area contributed by atoms with Crippen LogP contribution < -0.4 is 10.6 Å². The van der Waals surface area contributed by atoms with E-state index in [1.807, 2.05) is 20.8 Å². The van der Waals surface area contributed by atoms with Gasteiger partial charge in [-0.05, 0) is 49.4 Å². The second kappa shape index (κ2) is 6.06. The number of aryl methyl sites for hydroxylation is 1. The lowest BCUT2D eigenvalue weighted by molar-refractivity contribution is -0.134. The molecule has 1 fully saturated rings. The van der Waals surface area contributed by atoms with Gasteiger partial charge in [-0.1, -0.05) is 25.4 Å². The van der Waals surface area contributed by atoms with Gasteiger partial charge in [-0.25, -0.2) is 0 Å². The average Bonchev–Trinajstić information content (AvgIpc) is 3.20. The van der Waals surface area contributed by atoms with Gasteiger partial charge in [0, 0.05) is 17.3 Å². The zero-order valence-corrected chi connectivity index (χ0v) is 13.4. The number of rotatable bonds is 5. The molecule has 5 heteroatoms. The van der Waals surface area contributed by atoms with Crippen molar-refractivity contribution in [2.45, 2.75) is 33.6 Å². The van der Waals surface area contributed by atoms with Crippen LogP contribution in [-0.4, -0.2) is 18.4 Å². The molecule has 1 aliphatic rings. The summed E-state index contributed by atoms with van der Waals surface area (Å²) in [7, 11) is 0. The van der Waals surface area contributed by atoms with Crippen LogP contribution in [0.2, 0.25) is 5.02 Å². The number of carbonyl (C=O) groups excluding carboxylic acids is 2. The summed E-state index contributed by atoms with van der Waals surface area (Å²) in [5.74, 6) is -0.0270. The van der Waals surface area contributed by atoms with Crippen molar-refractivity contribution in [1.82, 2.24) is 5.32 Å². The summed E-state index contributed by atoms with van der Waals surface area (Å²) in [4.78, 5) is 24.6. The number of halogens is 1. The predicted octanol–water partition coefficient (Wildman–Crippen LogP) is 3.14. The Hall–Kier alpha value is -1.55. The van der Waals surface area contributed by atoms with Gasteiger partial charge in [0.2, 0.25) is 11.8 Å². The van der Waals surface area contributed by atoms with E-state index in [1.165, 1.54) is 0 Å². The fourth-order valence-electron chi connectivity index (χ4n) is 2.16. The molecule has 4 nitrogen and oxygen atoms in total. The van der Waals surface area contributed by atoms with Crippen LogP contribution in [-0.2, 0) is 9.59 Å². The molecule has 0 saturated heterocycles. The summed E-state index contributed by atoms with van der Waals surface area (Å²) in [6.45, 7) is 6.52. The predicted molar refractivity (Wildman–Crippen MR) is 84.3 cm³/mol. The van der Waals surface area contributed by atoms with Gasteiger partial charge in [-0.2, -0.15) is 0 Å². The van der Waals surface area contributed by atoms with Gasteiger partial charge >= 0.3 is 0 Å². The molecule has 0 atom stereocenters. The number of carbonyl (C=O) groups is 2. The van der Waals surface area contributed by atoms with Crippen molar-refractivity contribution in [3.63, 3.8) is 0 Å². The first-order chi connectivity index (χ1) is 9.85. The van der Waals surface area contributed by atoms with Crippen molar-refractivity contribution in [2.75, 3.05) is 11.9 Å². The molecule has 1 aromatic carbocycles. The maximum Gasteiger partial charge on any atom is 0.240 e. The minimum absolute atomic E-state index is 0.166. The van der Waals surface area contributed by atoms with Gasteiger partial charge in [0.15, 0.2) is 0 Å². The van der Waals surface area contributed by atoms with Crippen LogP contribution in [0.15, 0.2) is 18.2 Å². The zero-order chi connectivity index (χ0) is 15.6. The highest BCUT2D eigenvalue weighted by atomic mass is 35.5. The summed E-state index contributed by atoms with van der Waals surface area (Å²) in [5.41, 5.74) is 0.697. The second-order valence-electron chi connectivity index (χ2n) is 6.10. The monoisotopic (exact) mass is 308 g/mol. The number of hydrogen-bond acceptors (Lipinski definition) is 2. The molecule has 0 radical (unpaired) electrons. The molecule has 0 heterocycles. The van der Waals surface area contributed by atoms with Crippen LogP contribution in [0.5, 0.6) is 0 Å². The van der Waals surface area contributed by atoms with Gasteiger partial charge in [-0.3, -0.25) is 9.59 Å². The van der Waals surface area contributed by atoms with Gasteiger partial charge in [0.1, 0.15) is 5.41 Å². The van der Waals surface area contributed by atoms with Gasteiger partial charge < -0.3 is 10.6 Å². The summed E-state index contributed by atoms with van der Waals surface area (Å²) in [6.07, 6.45) is 1.21. The molecule has 2 amide bonds. The normalized spacial score (nSPS) is 15.7. The Morgan fingerprint density at radius 1 is 1.29 bits per heavy atom. The van der Waals surface area contributed by atoms with Crippen molar-refractivity contribution in [3.8, 4) is 0 Å². The molecular formula is C16H21ClN2O2. The lowest BCUT2D eigenvalue weighted by Gasteiger charge is -2.17. The third kappa shape index (κ3) is 3.56. The highest BCUT2D eigenvalue weighted by Gasteiger charge is 2.56. The zero-order valence-electron chi connectivity index (χ0n) is 12.6. The molecule has 0 spiro atoms. The van der Waals surface area contributed by atoms with E-state index in [1.54, 1.807) is 18.2 Å². The van der Waals surface area contributed by atoms with E-state index >= 15 is 0 Å². The summed E-state index contributed by atoms with van der Waals surface area (Å²) in [6, 6.07) is 5.27. The molecular weight excluding hydrogens is 288 g/mol. The Kier molecular flexibility index (Phi) is 4.57. The highest BCUT2D eigenvalue weighted by molar-refractivity contribution is 6.30. The van der Waals surface area contributed by atoms with Crippen LogP contribution >= 0.6 is 11.6 Å². The minimum atomic E-state index is -0.888. The number of hydrogen-bond donors (Lipinski definition) is 2. The fraction of sp³-hybridized carbons (Fsp3) is 0.500. The molecule has 0 aromatic heterocycles. The third-order valence-electron chi connectivity index (χ3n) is 3.73. The smallest absolute Gasteiger partial charge is 0.240 e. The standard InChI is InChI=1S/C16H21ClN2O2/c1-10(2)9-18-14(20)16(6-7-16)15(21)19-13-5-4-12(17)8-11(13)3/h4-5,8,10H,6-7,9H2,1-3H3,(H,18,20)(H,19,21). The molecule has 114 valence electrons. The number of nitrogens with one attached hydrogen (secondary N) is 2. The van der Waals surface area contributed by atoms with Crippen LogP contribution in [0, 0.1) is 18.3 Å². The molecule has 2 rings (SSSR count). The second-order valence-corrected chi connectivity index (χ2v) is 6.54. The topological polar surface area (TPSA) is 58.2 Å². The minimum Gasteiger partial charge on any atom is -0.355 e. The molecule has 1 saturated carbocycles. The Morgan fingerprint density at radius 3 is 2.48 bits per heavy atom. The van der Waals surface area contributed by atoms with E-state index in [4.69, 9.17) is 11.6 Å². The van der Waals surface area contributed by atoms with E-state index in [-0.39, 0.29) is 11.8 Å². The van der Waals surface area contributed by atoms with Gasteiger partial charge in [0.05, 0.1) is 0 Å². The Bertz CT molecular complexity index is 565. The van der Waals surface area contributed by atoms with Gasteiger partial charge in [0.25, 0.3) is 0 Å². The lowest BCUT2D eigenvalue weighted by Crippen LogP contribution is -2.41. The number of benzene rings is 1. The maximum absolute atomic E-state index is 12.4. The van der Waals surface area contributed by atoms with E-state index in [0.29, 0.717) is 36.0 Å². The molecule has 0 unspecified atom stereocenters. The lowest BCUT2D eigenvalue weighted by atomic mass is 10.0. The van der Waals surface area contributed by atoms with Crippen molar-refractivity contribution < 1.29 is 9.59 Å². The summed E-state index contributed by atoms with van der Waals surface area (Å²) in [5, 5.41) is 6.33. The first-order valence-electron chi connectivity index (χ1n) is 7.21. The first kappa shape index (κ1) is 15.8. The Labute approximate surface area is 130 Å². The van der Waals surface area contributed by atoms with Crippen molar-refractivity contribution >= 4 is 29.1 Å². The first-order valence-corrected chi connectivity index (χ1v) is 7.59. The largest absolute Gasteiger partial charge is 0.355 e. The number of amides is 2. The Balaban J connectivity index is 2.04. The quantitative estimate of drug-likeness (QED) is 0.821. The van der Waals surface area contributed by atoms with Crippen LogP contribution in [0.25, 0.3) is 0 Å². The maximum atomic E-state index is 12.4. The molecule has 1 aromatic rings. The molecule has 21 heavy (non-hydrogen) atoms. The van der Waals surface area contributed by atoms with E-state index in [0.717, 1.165) is 5.56 Å². The van der Waals surface area contributed by atoms with Crippen molar-refractivity contribution in [2.24, 2.45) is 11.3 Å². The molecule has 0 aliphatic heterocycles. The summed E-state index contributed by atoms with van der Waals surface area (Å²) < 4.78 is 0. The fourth-order valence-corrected chi connectivity index (χ4v) is 2.38. The third-order valence-corrected chi connectivity index (χ3v) is 3.96. The van der Waals surface area contributed by atoms with Crippen molar-refractivity contribution in [1.29, 1.82) is 0 Å². The SMILES string of the molecule is Cc1cc(Cl)ccc1NC(=O)C1(C(=O)NCC(C)C)CC1.